The molecule has 0 aromatic heterocycles. The first-order valence-electron chi connectivity index (χ1n) is 17.9. The van der Waals surface area contributed by atoms with Gasteiger partial charge in [-0.05, 0) is 52.4 Å². The van der Waals surface area contributed by atoms with Gasteiger partial charge in [0.2, 0.25) is 29.5 Å². The predicted octanol–water partition coefficient (Wildman–Crippen LogP) is 1.26. The Balaban J connectivity index is 1.11. The van der Waals surface area contributed by atoms with Gasteiger partial charge >= 0.3 is 11.9 Å². The van der Waals surface area contributed by atoms with Crippen LogP contribution in [0.15, 0.2) is 0 Å². The fraction of sp³-hybridized carbons (Fsp3) is 0.800. The zero-order chi connectivity index (χ0) is 35.7. The molecule has 1 saturated carbocycles. The summed E-state index contributed by atoms with van der Waals surface area (Å²) in [5.41, 5.74) is -0.495. The number of nitrogens with zero attached hydrogens (tertiary/aromatic N) is 3. The summed E-state index contributed by atoms with van der Waals surface area (Å²) in [6.45, 7) is 8.11. The van der Waals surface area contributed by atoms with Crippen LogP contribution in [0.3, 0.4) is 0 Å². The van der Waals surface area contributed by atoms with Crippen molar-refractivity contribution in [2.75, 3.05) is 59.5 Å². The molecule has 0 spiro atoms. The molecule has 2 N–H and O–H groups in total. The average molecular weight is 690 g/mol. The second-order valence-electron chi connectivity index (χ2n) is 15.1. The number of carbonyl (C=O) groups excluding carboxylic acids is 7. The molecular formula is C35H55N5O9. The highest BCUT2D eigenvalue weighted by Gasteiger charge is 2.38. The third-order valence-electron chi connectivity index (χ3n) is 10.2. The number of ether oxygens (including phenoxy) is 2. The first-order chi connectivity index (χ1) is 23.2. The van der Waals surface area contributed by atoms with E-state index in [2.05, 4.69) is 10.6 Å². The molecule has 14 heteroatoms. The van der Waals surface area contributed by atoms with Gasteiger partial charge in [0.05, 0.1) is 30.8 Å². The zero-order valence-corrected chi connectivity index (χ0v) is 29.6. The molecule has 3 saturated heterocycles. The van der Waals surface area contributed by atoms with E-state index in [0.29, 0.717) is 19.0 Å². The van der Waals surface area contributed by atoms with Gasteiger partial charge in [-0.3, -0.25) is 33.6 Å². The highest BCUT2D eigenvalue weighted by molar-refractivity contribution is 5.90. The van der Waals surface area contributed by atoms with Crippen LogP contribution in [0, 0.1) is 29.6 Å². The van der Waals surface area contributed by atoms with Gasteiger partial charge in [0, 0.05) is 71.6 Å². The Morgan fingerprint density at radius 3 is 1.67 bits per heavy atom. The Labute approximate surface area is 289 Å². The van der Waals surface area contributed by atoms with Crippen LogP contribution in [0.25, 0.3) is 0 Å². The number of nitrogens with one attached hydrogen (secondary N) is 2. The normalized spacial score (nSPS) is 26.4. The van der Waals surface area contributed by atoms with Crippen LogP contribution < -0.4 is 10.6 Å². The first-order valence-corrected chi connectivity index (χ1v) is 17.9. The van der Waals surface area contributed by atoms with Crippen LogP contribution in [0.5, 0.6) is 0 Å². The number of amides is 5. The van der Waals surface area contributed by atoms with Crippen molar-refractivity contribution >= 4 is 41.5 Å². The highest BCUT2D eigenvalue weighted by Crippen LogP contribution is 2.31. The summed E-state index contributed by atoms with van der Waals surface area (Å²) < 4.78 is 10.3. The van der Waals surface area contributed by atoms with Crippen molar-refractivity contribution < 1.29 is 43.0 Å². The second kappa shape index (κ2) is 17.3. The van der Waals surface area contributed by atoms with Crippen LogP contribution in [0.4, 0.5) is 0 Å². The number of carbonyl (C=O) groups is 7. The topological polar surface area (TPSA) is 172 Å². The molecule has 0 bridgehead atoms. The molecule has 14 nitrogen and oxygen atoms in total. The molecule has 5 unspecified atom stereocenters. The molecule has 274 valence electrons. The molecular weight excluding hydrogens is 634 g/mol. The van der Waals surface area contributed by atoms with E-state index < -0.39 is 29.3 Å². The van der Waals surface area contributed by atoms with E-state index in [1.165, 1.54) is 12.0 Å². The third kappa shape index (κ3) is 11.1. The summed E-state index contributed by atoms with van der Waals surface area (Å²) in [4.78, 5) is 92.3. The van der Waals surface area contributed by atoms with Crippen molar-refractivity contribution in [3.05, 3.63) is 0 Å². The summed E-state index contributed by atoms with van der Waals surface area (Å²) >= 11 is 0. The Kier molecular flexibility index (Phi) is 13.4. The van der Waals surface area contributed by atoms with Crippen molar-refractivity contribution in [1.82, 2.24) is 25.3 Å². The minimum absolute atomic E-state index is 0.0291. The van der Waals surface area contributed by atoms with Gasteiger partial charge in [0.15, 0.2) is 0 Å². The van der Waals surface area contributed by atoms with Crippen LogP contribution in [-0.2, 0) is 43.0 Å². The third-order valence-corrected chi connectivity index (χ3v) is 10.2. The fourth-order valence-electron chi connectivity index (χ4n) is 7.35. The minimum atomic E-state index is -0.526. The average Bonchev–Trinajstić information content (AvgIpc) is 3.71. The van der Waals surface area contributed by atoms with Gasteiger partial charge in [-0.15, -0.1) is 0 Å². The number of hydrogen-bond acceptors (Lipinski definition) is 9. The molecule has 4 fully saturated rings. The van der Waals surface area contributed by atoms with Gasteiger partial charge in [-0.1, -0.05) is 19.3 Å². The van der Waals surface area contributed by atoms with Crippen LogP contribution in [0.1, 0.15) is 85.0 Å². The number of methoxy groups -OCH3 is 1. The summed E-state index contributed by atoms with van der Waals surface area (Å²) in [5.74, 6) is -2.51. The van der Waals surface area contributed by atoms with Crippen molar-refractivity contribution in [3.8, 4) is 0 Å². The van der Waals surface area contributed by atoms with Crippen molar-refractivity contribution in [3.63, 3.8) is 0 Å². The van der Waals surface area contributed by atoms with E-state index in [1.54, 1.807) is 9.80 Å². The van der Waals surface area contributed by atoms with Crippen molar-refractivity contribution in [1.29, 1.82) is 0 Å². The lowest BCUT2D eigenvalue weighted by Gasteiger charge is -2.28. The lowest BCUT2D eigenvalue weighted by molar-refractivity contribution is -0.161. The van der Waals surface area contributed by atoms with Gasteiger partial charge < -0.3 is 34.8 Å². The van der Waals surface area contributed by atoms with Gasteiger partial charge in [-0.25, -0.2) is 0 Å². The molecule has 5 amide bonds. The van der Waals surface area contributed by atoms with Gasteiger partial charge in [0.25, 0.3) is 0 Å². The molecule has 3 heterocycles. The van der Waals surface area contributed by atoms with Crippen molar-refractivity contribution in [2.45, 2.75) is 90.6 Å². The second-order valence-corrected chi connectivity index (χ2v) is 15.1. The predicted molar refractivity (Wildman–Crippen MR) is 177 cm³/mol. The molecule has 4 aliphatic rings. The van der Waals surface area contributed by atoms with E-state index in [4.69, 9.17) is 9.47 Å². The molecule has 0 radical (unpaired) electrons. The molecule has 0 aromatic carbocycles. The monoisotopic (exact) mass is 689 g/mol. The Hall–Kier alpha value is -3.71. The molecule has 49 heavy (non-hydrogen) atoms. The number of esters is 2. The quantitative estimate of drug-likeness (QED) is 0.270. The van der Waals surface area contributed by atoms with E-state index in [1.807, 2.05) is 20.8 Å². The smallest absolute Gasteiger partial charge is 0.310 e. The SMILES string of the molecule is COC(=O)C1CC(=O)N(CCNC(=O)C2CC(=O)N(CCNC(=O)C3CC(=O)N(CCC4CCCCC(C(=O)OC(C)(C)C)CC4)C3)C2)C1. The number of likely N-dealkylation sites (tertiary alicyclic amines) is 3. The molecule has 0 aromatic rings. The fourth-order valence-corrected chi connectivity index (χ4v) is 7.35. The Morgan fingerprint density at radius 1 is 0.653 bits per heavy atom. The van der Waals surface area contributed by atoms with Gasteiger partial charge in [-0.2, -0.15) is 0 Å². The maximum Gasteiger partial charge on any atom is 0.310 e. The van der Waals surface area contributed by atoms with E-state index in [0.717, 1.165) is 44.9 Å². The van der Waals surface area contributed by atoms with Crippen molar-refractivity contribution in [2.24, 2.45) is 29.6 Å². The standard InChI is InChI=1S/C35H55N5O9/c1-35(2,3)49-34(47)24-8-6-5-7-23(9-10-24)11-14-38-20-25(17-28(38)41)31(44)36-12-15-39-21-26(18-29(39)42)32(45)37-13-16-40-22-27(19-30(40)43)33(46)48-4/h23-27H,5-22H2,1-4H3,(H,36,44)(H,37,45). The van der Waals surface area contributed by atoms with Crippen LogP contribution in [0.2, 0.25) is 0 Å². The summed E-state index contributed by atoms with van der Waals surface area (Å²) in [6, 6.07) is 0. The Morgan fingerprint density at radius 2 is 1.14 bits per heavy atom. The van der Waals surface area contributed by atoms with E-state index in [9.17, 15) is 33.6 Å². The largest absolute Gasteiger partial charge is 0.469 e. The lowest BCUT2D eigenvalue weighted by atomic mass is 9.84. The number of rotatable bonds is 13. The first kappa shape index (κ1) is 38.1. The Bertz CT molecular complexity index is 1250. The van der Waals surface area contributed by atoms with Gasteiger partial charge in [0.1, 0.15) is 5.60 Å². The summed E-state index contributed by atoms with van der Waals surface area (Å²) in [6.07, 6.45) is 6.87. The van der Waals surface area contributed by atoms with Crippen LogP contribution in [-0.4, -0.2) is 121 Å². The maximum absolute atomic E-state index is 12.9. The van der Waals surface area contributed by atoms with E-state index in [-0.39, 0.29) is 100.0 Å². The maximum atomic E-state index is 12.9. The van der Waals surface area contributed by atoms with E-state index >= 15 is 0 Å². The zero-order valence-electron chi connectivity index (χ0n) is 29.6. The number of hydrogen-bond donors (Lipinski definition) is 2. The highest BCUT2D eigenvalue weighted by atomic mass is 16.6. The molecule has 1 aliphatic carbocycles. The summed E-state index contributed by atoms with van der Waals surface area (Å²) in [7, 11) is 1.29. The lowest BCUT2D eigenvalue weighted by Crippen LogP contribution is -2.40. The summed E-state index contributed by atoms with van der Waals surface area (Å²) in [5, 5.41) is 5.66. The van der Waals surface area contributed by atoms with Crippen LogP contribution >= 0.6 is 0 Å². The molecule has 4 rings (SSSR count). The molecule has 5 atom stereocenters. The molecule has 3 aliphatic heterocycles. The minimum Gasteiger partial charge on any atom is -0.469 e.